The van der Waals surface area contributed by atoms with Crippen molar-refractivity contribution in [2.45, 2.75) is 51.5 Å². The molecule has 1 aliphatic heterocycles. The lowest BCUT2D eigenvalue weighted by Crippen LogP contribution is -2.50. The zero-order valence-electron chi connectivity index (χ0n) is 21.0. The number of benzene rings is 1. The Kier molecular flexibility index (Phi) is 6.14. The Balaban J connectivity index is 1.43. The van der Waals surface area contributed by atoms with Gasteiger partial charge < -0.3 is 14.5 Å². The Hall–Kier alpha value is -3.75. The van der Waals surface area contributed by atoms with Crippen LogP contribution in [0, 0.1) is 5.92 Å². The number of nitrogens with zero attached hydrogens (tertiary/aromatic N) is 5. The van der Waals surface area contributed by atoms with E-state index in [4.69, 9.17) is 0 Å². The summed E-state index contributed by atoms with van der Waals surface area (Å²) in [5, 5.41) is 4.52. The summed E-state index contributed by atoms with van der Waals surface area (Å²) >= 11 is 0. The van der Waals surface area contributed by atoms with Crippen molar-refractivity contribution in [3.8, 4) is 22.6 Å². The van der Waals surface area contributed by atoms with Crippen molar-refractivity contribution in [3.63, 3.8) is 0 Å². The first-order chi connectivity index (χ1) is 18.1. The van der Waals surface area contributed by atoms with Gasteiger partial charge in [0.25, 0.3) is 11.5 Å². The Labute approximate surface area is 214 Å². The van der Waals surface area contributed by atoms with Crippen molar-refractivity contribution >= 4 is 11.6 Å². The Morgan fingerprint density at radius 3 is 2.57 bits per heavy atom. The molecule has 2 fully saturated rings. The lowest BCUT2D eigenvalue weighted by atomic mass is 9.84. The smallest absolute Gasteiger partial charge is 0.274 e. The van der Waals surface area contributed by atoms with Gasteiger partial charge in [-0.3, -0.25) is 14.0 Å². The van der Waals surface area contributed by atoms with Gasteiger partial charge in [-0.1, -0.05) is 43.5 Å². The van der Waals surface area contributed by atoms with E-state index < -0.39 is 6.67 Å². The molecule has 1 amide bonds. The maximum atomic E-state index is 13.6. The molecule has 9 heteroatoms. The molecule has 0 bridgehead atoms. The number of amides is 1. The van der Waals surface area contributed by atoms with Crippen LogP contribution in [0.1, 0.15) is 60.9 Å². The number of alkyl halides is 1. The van der Waals surface area contributed by atoms with Crippen LogP contribution in [0.25, 0.3) is 28.3 Å². The van der Waals surface area contributed by atoms with E-state index in [-0.39, 0.29) is 22.9 Å². The summed E-state index contributed by atoms with van der Waals surface area (Å²) in [6.45, 7) is 2.95. The molecule has 6 rings (SSSR count). The maximum Gasteiger partial charge on any atom is 0.274 e. The van der Waals surface area contributed by atoms with E-state index in [1.165, 1.54) is 48.2 Å². The van der Waals surface area contributed by atoms with Crippen LogP contribution in [-0.4, -0.2) is 54.7 Å². The molecule has 0 spiro atoms. The normalized spacial score (nSPS) is 16.9. The number of likely N-dealkylation sites (tertiary alicyclic amines) is 1. The maximum absolute atomic E-state index is 13.6. The second kappa shape index (κ2) is 9.61. The molecule has 37 heavy (non-hydrogen) atoms. The van der Waals surface area contributed by atoms with Gasteiger partial charge in [-0.05, 0) is 36.8 Å². The number of aromatic amines is 1. The van der Waals surface area contributed by atoms with Crippen molar-refractivity contribution in [2.24, 2.45) is 5.92 Å². The fourth-order valence-corrected chi connectivity index (χ4v) is 5.60. The number of nitrogens with one attached hydrogen (secondary N) is 1. The minimum Gasteiger partial charge on any atom is -0.339 e. The third-order valence-corrected chi connectivity index (χ3v) is 7.83. The lowest BCUT2D eigenvalue weighted by molar-refractivity contribution is 0.0455. The first-order valence-electron chi connectivity index (χ1n) is 13.2. The molecule has 0 radical (unpaired) electrons. The first kappa shape index (κ1) is 23.6. The first-order valence-corrected chi connectivity index (χ1v) is 13.2. The molecule has 0 atom stereocenters. The minimum atomic E-state index is -0.454. The largest absolute Gasteiger partial charge is 0.339 e. The predicted molar refractivity (Wildman–Crippen MR) is 139 cm³/mol. The van der Waals surface area contributed by atoms with Gasteiger partial charge in [-0.2, -0.15) is 9.61 Å². The zero-order chi connectivity index (χ0) is 25.5. The van der Waals surface area contributed by atoms with Crippen LogP contribution in [0.4, 0.5) is 4.39 Å². The topological polar surface area (TPSA) is 88.3 Å². The van der Waals surface area contributed by atoms with Gasteiger partial charge in [0.1, 0.15) is 17.0 Å². The van der Waals surface area contributed by atoms with E-state index in [1.54, 1.807) is 11.2 Å². The van der Waals surface area contributed by atoms with Crippen LogP contribution >= 0.6 is 0 Å². The van der Waals surface area contributed by atoms with E-state index in [0.29, 0.717) is 48.3 Å². The average molecular weight is 503 g/mol. The van der Waals surface area contributed by atoms with E-state index in [9.17, 15) is 14.0 Å². The molecular weight excluding hydrogens is 471 g/mol. The standard InChI is InChI=1S/C28H31FN6O2/c1-2-33-16-23(30-17-33)26-25(28(37)34-14-18(13-29)15-34)27-31-22(12-24(36)35(27)32-26)21-10-8-20(9-11-21)19-6-4-3-5-7-19/h8-12,16-19,31H,2-7,13-15H2,1H3. The number of H-pyrrole nitrogens is 1. The highest BCUT2D eigenvalue weighted by Gasteiger charge is 2.35. The summed E-state index contributed by atoms with van der Waals surface area (Å²) in [5.41, 5.74) is 3.97. The molecule has 8 nitrogen and oxygen atoms in total. The van der Waals surface area contributed by atoms with Crippen molar-refractivity contribution in [1.29, 1.82) is 0 Å². The molecule has 1 saturated carbocycles. The molecule has 4 heterocycles. The molecule has 1 N–H and O–H groups in total. The number of imidazole rings is 1. The van der Waals surface area contributed by atoms with Crippen LogP contribution in [0.5, 0.6) is 0 Å². The van der Waals surface area contributed by atoms with Crippen molar-refractivity contribution in [1.82, 2.24) is 29.0 Å². The van der Waals surface area contributed by atoms with Crippen molar-refractivity contribution < 1.29 is 9.18 Å². The summed E-state index contributed by atoms with van der Waals surface area (Å²) in [5.74, 6) is 0.172. The lowest BCUT2D eigenvalue weighted by Gasteiger charge is -2.37. The van der Waals surface area contributed by atoms with Gasteiger partial charge in [0, 0.05) is 37.8 Å². The number of aromatic nitrogens is 5. The Morgan fingerprint density at radius 1 is 1.14 bits per heavy atom. The molecule has 1 aliphatic carbocycles. The van der Waals surface area contributed by atoms with Gasteiger partial charge in [0.15, 0.2) is 5.65 Å². The fraction of sp³-hybridized carbons (Fsp3) is 0.429. The summed E-state index contributed by atoms with van der Waals surface area (Å²) in [6.07, 6.45) is 9.80. The number of aryl methyl sites for hydroxylation is 1. The fourth-order valence-electron chi connectivity index (χ4n) is 5.60. The molecule has 0 unspecified atom stereocenters. The molecule has 4 aromatic rings. The third kappa shape index (κ3) is 4.26. The summed E-state index contributed by atoms with van der Waals surface area (Å²) in [4.78, 5) is 36.2. The van der Waals surface area contributed by atoms with Crippen LogP contribution in [-0.2, 0) is 6.54 Å². The van der Waals surface area contributed by atoms with Crippen LogP contribution in [0.3, 0.4) is 0 Å². The van der Waals surface area contributed by atoms with Gasteiger partial charge in [0.2, 0.25) is 0 Å². The number of hydrogen-bond donors (Lipinski definition) is 1. The second-order valence-corrected chi connectivity index (χ2v) is 10.3. The number of carbonyl (C=O) groups is 1. The molecule has 1 saturated heterocycles. The van der Waals surface area contributed by atoms with Gasteiger partial charge in [-0.25, -0.2) is 4.98 Å². The van der Waals surface area contributed by atoms with Crippen LogP contribution in [0.15, 0.2) is 47.7 Å². The highest BCUT2D eigenvalue weighted by atomic mass is 19.1. The molecule has 1 aromatic carbocycles. The third-order valence-electron chi connectivity index (χ3n) is 7.83. The number of fused-ring (bicyclic) bond motifs is 1. The van der Waals surface area contributed by atoms with E-state index >= 15 is 0 Å². The van der Waals surface area contributed by atoms with Gasteiger partial charge >= 0.3 is 0 Å². The highest BCUT2D eigenvalue weighted by Crippen LogP contribution is 2.34. The van der Waals surface area contributed by atoms with Crippen LogP contribution < -0.4 is 5.56 Å². The Morgan fingerprint density at radius 2 is 1.89 bits per heavy atom. The quantitative estimate of drug-likeness (QED) is 0.415. The number of hydrogen-bond acceptors (Lipinski definition) is 4. The van der Waals surface area contributed by atoms with Crippen molar-refractivity contribution in [2.75, 3.05) is 19.8 Å². The number of rotatable bonds is 6. The SMILES string of the molecule is CCn1cnc(-c2nn3c(=O)cc(-c4ccc(C5CCCCC5)cc4)[nH]c3c2C(=O)N2CC(CF)C2)c1. The molecule has 2 aliphatic rings. The molecule has 3 aromatic heterocycles. The van der Waals surface area contributed by atoms with Crippen molar-refractivity contribution in [3.05, 3.63) is 64.3 Å². The van der Waals surface area contributed by atoms with E-state index in [0.717, 1.165) is 5.56 Å². The summed E-state index contributed by atoms with van der Waals surface area (Å²) in [7, 11) is 0. The van der Waals surface area contributed by atoms with Gasteiger partial charge in [-0.15, -0.1) is 0 Å². The minimum absolute atomic E-state index is 0.147. The predicted octanol–water partition coefficient (Wildman–Crippen LogP) is 4.66. The molecule has 192 valence electrons. The van der Waals surface area contributed by atoms with Gasteiger partial charge in [0.05, 0.1) is 18.7 Å². The number of carbonyl (C=O) groups excluding carboxylic acids is 1. The highest BCUT2D eigenvalue weighted by molar-refractivity contribution is 6.05. The van der Waals surface area contributed by atoms with Crippen LogP contribution in [0.2, 0.25) is 0 Å². The monoisotopic (exact) mass is 502 g/mol. The van der Waals surface area contributed by atoms with E-state index in [1.807, 2.05) is 29.8 Å². The number of halogens is 1. The summed E-state index contributed by atoms with van der Waals surface area (Å²) < 4.78 is 16.2. The van der Waals surface area contributed by atoms with E-state index in [2.05, 4.69) is 27.2 Å². The molecular formula is C28H31FN6O2. The second-order valence-electron chi connectivity index (χ2n) is 10.3. The average Bonchev–Trinajstić information content (AvgIpc) is 3.54. The zero-order valence-corrected chi connectivity index (χ0v) is 21.0. The Bertz CT molecular complexity index is 1490. The summed E-state index contributed by atoms with van der Waals surface area (Å²) in [6, 6.07) is 9.89.